The van der Waals surface area contributed by atoms with E-state index in [1.807, 2.05) is 28.9 Å². The Kier molecular flexibility index (Phi) is 3.40. The van der Waals surface area contributed by atoms with Gasteiger partial charge in [-0.1, -0.05) is 13.8 Å². The van der Waals surface area contributed by atoms with Gasteiger partial charge in [-0.25, -0.2) is 4.52 Å². The van der Waals surface area contributed by atoms with Crippen LogP contribution in [0.15, 0.2) is 24.4 Å². The molecule has 0 unspecified atom stereocenters. The molecule has 0 aliphatic carbocycles. The second-order valence-electron chi connectivity index (χ2n) is 6.28. The van der Waals surface area contributed by atoms with Crippen molar-refractivity contribution in [3.05, 3.63) is 30.1 Å². The van der Waals surface area contributed by atoms with E-state index in [2.05, 4.69) is 39.4 Å². The van der Waals surface area contributed by atoms with Crippen molar-refractivity contribution < 1.29 is 0 Å². The molecule has 1 aliphatic heterocycles. The predicted octanol–water partition coefficient (Wildman–Crippen LogP) is 2.92. The van der Waals surface area contributed by atoms with E-state index >= 15 is 0 Å². The second-order valence-corrected chi connectivity index (χ2v) is 6.28. The highest BCUT2D eigenvalue weighted by molar-refractivity contribution is 5.73. The molecule has 2 N–H and O–H groups in total. The third-order valence-electron chi connectivity index (χ3n) is 4.23. The highest BCUT2D eigenvalue weighted by atomic mass is 15.4. The molecule has 0 atom stereocenters. The average molecular weight is 311 g/mol. The maximum Gasteiger partial charge on any atom is 0.245 e. The predicted molar refractivity (Wildman–Crippen MR) is 90.4 cm³/mol. The highest BCUT2D eigenvalue weighted by Crippen LogP contribution is 2.24. The van der Waals surface area contributed by atoms with Crippen molar-refractivity contribution in [2.24, 2.45) is 0 Å². The van der Waals surface area contributed by atoms with Crippen LogP contribution in [0.3, 0.4) is 0 Å². The number of aromatic nitrogens is 5. The maximum absolute atomic E-state index is 4.73. The van der Waals surface area contributed by atoms with Crippen LogP contribution in [0.2, 0.25) is 0 Å². The Labute approximate surface area is 134 Å². The lowest BCUT2D eigenvalue weighted by molar-refractivity contribution is 0.810. The molecule has 7 heteroatoms. The van der Waals surface area contributed by atoms with Gasteiger partial charge in [0.1, 0.15) is 5.52 Å². The number of hydrogen-bond donors (Lipinski definition) is 2. The summed E-state index contributed by atoms with van der Waals surface area (Å²) in [6.45, 7) is 6.32. The van der Waals surface area contributed by atoms with Gasteiger partial charge in [-0.15, -0.1) is 5.10 Å². The monoisotopic (exact) mass is 311 g/mol. The fourth-order valence-corrected chi connectivity index (χ4v) is 2.88. The molecule has 1 aliphatic rings. The SMILES string of the molecule is CC(C)c1cc(Nc2nc(N3CCCC3)nn3cccc23)n[nH]1. The molecule has 1 fully saturated rings. The van der Waals surface area contributed by atoms with Crippen molar-refractivity contribution in [1.82, 2.24) is 24.8 Å². The Hall–Kier alpha value is -2.57. The molecule has 0 saturated carbocycles. The Bertz CT molecular complexity index is 811. The first kappa shape index (κ1) is 14.0. The zero-order valence-electron chi connectivity index (χ0n) is 13.5. The minimum absolute atomic E-state index is 0.414. The van der Waals surface area contributed by atoms with Crippen LogP contribution in [-0.4, -0.2) is 37.9 Å². The van der Waals surface area contributed by atoms with Crippen molar-refractivity contribution in [3.8, 4) is 0 Å². The minimum atomic E-state index is 0.414. The van der Waals surface area contributed by atoms with Gasteiger partial charge in [0, 0.05) is 31.0 Å². The average Bonchev–Trinajstić information content (AvgIpc) is 3.28. The number of nitrogens with one attached hydrogen (secondary N) is 2. The van der Waals surface area contributed by atoms with Crippen LogP contribution in [-0.2, 0) is 0 Å². The van der Waals surface area contributed by atoms with E-state index in [9.17, 15) is 0 Å². The Morgan fingerprint density at radius 1 is 1.26 bits per heavy atom. The first-order valence-corrected chi connectivity index (χ1v) is 8.13. The molecule has 0 amide bonds. The van der Waals surface area contributed by atoms with E-state index in [0.29, 0.717) is 5.92 Å². The van der Waals surface area contributed by atoms with E-state index < -0.39 is 0 Å². The lowest BCUT2D eigenvalue weighted by atomic mass is 10.1. The Morgan fingerprint density at radius 3 is 2.83 bits per heavy atom. The van der Waals surface area contributed by atoms with Crippen LogP contribution in [0.5, 0.6) is 0 Å². The minimum Gasteiger partial charge on any atom is -0.340 e. The van der Waals surface area contributed by atoms with Crippen LogP contribution in [0.1, 0.15) is 38.3 Å². The Morgan fingerprint density at radius 2 is 2.09 bits per heavy atom. The number of H-pyrrole nitrogens is 1. The van der Waals surface area contributed by atoms with Crippen LogP contribution in [0.25, 0.3) is 5.52 Å². The van der Waals surface area contributed by atoms with Crippen molar-refractivity contribution in [1.29, 1.82) is 0 Å². The molecule has 7 nitrogen and oxygen atoms in total. The van der Waals surface area contributed by atoms with Crippen LogP contribution in [0.4, 0.5) is 17.6 Å². The number of hydrogen-bond acceptors (Lipinski definition) is 5. The smallest absolute Gasteiger partial charge is 0.245 e. The number of fused-ring (bicyclic) bond motifs is 1. The zero-order chi connectivity index (χ0) is 15.8. The van der Waals surface area contributed by atoms with Crippen LogP contribution in [0, 0.1) is 0 Å². The summed E-state index contributed by atoms with van der Waals surface area (Å²) < 4.78 is 1.87. The molecule has 3 aromatic rings. The first-order chi connectivity index (χ1) is 11.2. The van der Waals surface area contributed by atoms with Crippen LogP contribution >= 0.6 is 0 Å². The van der Waals surface area contributed by atoms with Gasteiger partial charge in [0.2, 0.25) is 5.95 Å². The van der Waals surface area contributed by atoms with Crippen LogP contribution < -0.4 is 10.2 Å². The topological polar surface area (TPSA) is 74.1 Å². The third kappa shape index (κ3) is 2.62. The normalized spacial score (nSPS) is 15.0. The first-order valence-electron chi connectivity index (χ1n) is 8.13. The zero-order valence-corrected chi connectivity index (χ0v) is 13.5. The molecule has 0 spiro atoms. The lowest BCUT2D eigenvalue weighted by Crippen LogP contribution is -2.22. The molecule has 4 heterocycles. The maximum atomic E-state index is 4.73. The van der Waals surface area contributed by atoms with Crippen molar-refractivity contribution in [2.75, 3.05) is 23.3 Å². The molecule has 120 valence electrons. The summed E-state index contributed by atoms with van der Waals surface area (Å²) in [5, 5.41) is 15.3. The van der Waals surface area contributed by atoms with E-state index in [-0.39, 0.29) is 0 Å². The van der Waals surface area contributed by atoms with Gasteiger partial charge >= 0.3 is 0 Å². The van der Waals surface area contributed by atoms with Gasteiger partial charge in [-0.3, -0.25) is 5.10 Å². The van der Waals surface area contributed by atoms with Crippen molar-refractivity contribution >= 4 is 23.1 Å². The molecule has 23 heavy (non-hydrogen) atoms. The fraction of sp³-hybridized carbons (Fsp3) is 0.438. The van der Waals surface area contributed by atoms with E-state index in [1.165, 1.54) is 12.8 Å². The molecule has 3 aromatic heterocycles. The summed E-state index contributed by atoms with van der Waals surface area (Å²) in [6.07, 6.45) is 4.35. The standard InChI is InChI=1S/C16H21N7/c1-11(2)12-10-14(20-19-12)17-15-13-6-5-9-23(13)21-16(18-15)22-7-3-4-8-22/h5-6,9-11H,3-4,7-8H2,1-2H3,(H2,17,18,19,20,21). The molecule has 0 radical (unpaired) electrons. The lowest BCUT2D eigenvalue weighted by Gasteiger charge is -2.16. The summed E-state index contributed by atoms with van der Waals surface area (Å²) in [5.41, 5.74) is 2.05. The molecule has 0 aromatic carbocycles. The molecule has 4 rings (SSSR count). The largest absolute Gasteiger partial charge is 0.340 e. The third-order valence-corrected chi connectivity index (χ3v) is 4.23. The molecular formula is C16H21N7. The summed E-state index contributed by atoms with van der Waals surface area (Å²) in [6, 6.07) is 6.01. The number of aromatic amines is 1. The molecule has 1 saturated heterocycles. The van der Waals surface area contributed by atoms with Crippen molar-refractivity contribution in [2.45, 2.75) is 32.6 Å². The number of nitrogens with zero attached hydrogens (tertiary/aromatic N) is 5. The summed E-state index contributed by atoms with van der Waals surface area (Å²) in [4.78, 5) is 6.96. The van der Waals surface area contributed by atoms with E-state index in [4.69, 9.17) is 4.98 Å². The number of rotatable bonds is 4. The van der Waals surface area contributed by atoms with Gasteiger partial charge in [0.05, 0.1) is 0 Å². The second kappa shape index (κ2) is 5.57. The van der Waals surface area contributed by atoms with E-state index in [0.717, 1.165) is 41.9 Å². The quantitative estimate of drug-likeness (QED) is 0.775. The Balaban J connectivity index is 1.70. The summed E-state index contributed by atoms with van der Waals surface area (Å²) in [5.74, 6) is 2.75. The highest BCUT2D eigenvalue weighted by Gasteiger charge is 2.18. The number of anilines is 3. The summed E-state index contributed by atoms with van der Waals surface area (Å²) in [7, 11) is 0. The van der Waals surface area contributed by atoms with Gasteiger partial charge in [-0.05, 0) is 30.9 Å². The van der Waals surface area contributed by atoms with Gasteiger partial charge in [-0.2, -0.15) is 10.1 Å². The van der Waals surface area contributed by atoms with Gasteiger partial charge < -0.3 is 10.2 Å². The van der Waals surface area contributed by atoms with Crippen molar-refractivity contribution in [3.63, 3.8) is 0 Å². The van der Waals surface area contributed by atoms with Gasteiger partial charge in [0.25, 0.3) is 0 Å². The molecule has 0 bridgehead atoms. The molecular weight excluding hydrogens is 290 g/mol. The summed E-state index contributed by atoms with van der Waals surface area (Å²) >= 11 is 0. The van der Waals surface area contributed by atoms with E-state index in [1.54, 1.807) is 0 Å². The van der Waals surface area contributed by atoms with Gasteiger partial charge in [0.15, 0.2) is 11.6 Å². The fourth-order valence-electron chi connectivity index (χ4n) is 2.88.